The third-order valence-electron chi connectivity index (χ3n) is 3.36. The highest BCUT2D eigenvalue weighted by atomic mass is 35.5. The van der Waals surface area contributed by atoms with E-state index in [4.69, 9.17) is 11.6 Å². The molecule has 0 unspecified atom stereocenters. The number of halogens is 1. The van der Waals surface area contributed by atoms with Crippen LogP contribution in [-0.4, -0.2) is 13.4 Å². The zero-order chi connectivity index (χ0) is 14.2. The van der Waals surface area contributed by atoms with E-state index in [9.17, 15) is 8.42 Å². The van der Waals surface area contributed by atoms with Crippen molar-refractivity contribution >= 4 is 32.8 Å². The molecule has 106 valence electrons. The van der Waals surface area contributed by atoms with Gasteiger partial charge >= 0.3 is 0 Å². The van der Waals surface area contributed by atoms with Gasteiger partial charge in [0.2, 0.25) is 0 Å². The van der Waals surface area contributed by atoms with Gasteiger partial charge in [0.25, 0.3) is 0 Å². The molecule has 0 atom stereocenters. The highest BCUT2D eigenvalue weighted by molar-refractivity contribution is 7.90. The van der Waals surface area contributed by atoms with Crippen molar-refractivity contribution in [3.05, 3.63) is 44.9 Å². The van der Waals surface area contributed by atoms with Gasteiger partial charge in [0, 0.05) is 9.90 Å². The van der Waals surface area contributed by atoms with Gasteiger partial charge in [0.15, 0.2) is 9.84 Å². The highest BCUT2D eigenvalue weighted by Crippen LogP contribution is 2.29. The average molecular weight is 328 g/mol. The van der Waals surface area contributed by atoms with E-state index in [0.29, 0.717) is 10.0 Å². The molecule has 2 aromatic rings. The van der Waals surface area contributed by atoms with Crippen LogP contribution in [0.1, 0.15) is 28.4 Å². The number of hydrogen-bond acceptors (Lipinski definition) is 4. The van der Waals surface area contributed by atoms with Crippen LogP contribution in [0.15, 0.2) is 29.2 Å². The predicted molar refractivity (Wildman–Crippen MR) is 81.1 cm³/mol. The maximum Gasteiger partial charge on any atom is 0.184 e. The molecule has 1 aliphatic carbocycles. The number of fused-ring (bicyclic) bond motifs is 1. The Bertz CT molecular complexity index is 714. The fourth-order valence-electron chi connectivity index (χ4n) is 2.37. The molecule has 0 aliphatic heterocycles. The van der Waals surface area contributed by atoms with E-state index in [1.165, 1.54) is 28.7 Å². The van der Waals surface area contributed by atoms with Crippen molar-refractivity contribution in [2.45, 2.75) is 36.3 Å². The summed E-state index contributed by atoms with van der Waals surface area (Å²) in [6.07, 6.45) is 4.33. The number of thiazole rings is 1. The van der Waals surface area contributed by atoms with Crippen molar-refractivity contribution in [2.24, 2.45) is 0 Å². The Hall–Kier alpha value is -0.910. The molecule has 3 rings (SSSR count). The Morgan fingerprint density at radius 3 is 2.80 bits per heavy atom. The molecule has 0 radical (unpaired) electrons. The molecular weight excluding hydrogens is 314 g/mol. The molecule has 0 amide bonds. The zero-order valence-electron chi connectivity index (χ0n) is 10.8. The zero-order valence-corrected chi connectivity index (χ0v) is 13.2. The fourth-order valence-corrected chi connectivity index (χ4v) is 5.43. The molecule has 0 N–H and O–H groups in total. The van der Waals surface area contributed by atoms with Crippen LogP contribution in [0, 0.1) is 0 Å². The molecule has 6 heteroatoms. The largest absolute Gasteiger partial charge is 0.245 e. The lowest BCUT2D eigenvalue weighted by atomic mass is 10.0. The smallest absolute Gasteiger partial charge is 0.184 e. The van der Waals surface area contributed by atoms with Gasteiger partial charge in [-0.1, -0.05) is 17.7 Å². The van der Waals surface area contributed by atoms with E-state index in [2.05, 4.69) is 4.98 Å². The van der Waals surface area contributed by atoms with Crippen LogP contribution in [0.3, 0.4) is 0 Å². The fraction of sp³-hybridized carbons (Fsp3) is 0.357. The number of rotatable bonds is 3. The molecule has 0 saturated carbocycles. The average Bonchev–Trinajstić information content (AvgIpc) is 2.80. The summed E-state index contributed by atoms with van der Waals surface area (Å²) in [6.45, 7) is 0. The number of sulfone groups is 1. The molecule has 0 fully saturated rings. The summed E-state index contributed by atoms with van der Waals surface area (Å²) in [4.78, 5) is 6.01. The quantitative estimate of drug-likeness (QED) is 0.864. The van der Waals surface area contributed by atoms with E-state index in [1.807, 2.05) is 0 Å². The Morgan fingerprint density at radius 1 is 1.25 bits per heavy atom. The van der Waals surface area contributed by atoms with Gasteiger partial charge in [-0.3, -0.25) is 0 Å². The Balaban J connectivity index is 1.88. The molecule has 0 bridgehead atoms. The van der Waals surface area contributed by atoms with Gasteiger partial charge in [0.05, 0.1) is 10.6 Å². The number of benzene rings is 1. The predicted octanol–water partition coefficient (Wildman–Crippen LogP) is 3.65. The SMILES string of the molecule is O=S(=O)(Cc1nc2c(s1)CCCC2)c1cccc(Cl)c1. The molecule has 0 saturated heterocycles. The second-order valence-electron chi connectivity index (χ2n) is 4.90. The van der Waals surface area contributed by atoms with Crippen molar-refractivity contribution in [1.29, 1.82) is 0 Å². The number of hydrogen-bond donors (Lipinski definition) is 0. The van der Waals surface area contributed by atoms with Crippen LogP contribution < -0.4 is 0 Å². The molecule has 1 aromatic carbocycles. The maximum atomic E-state index is 12.4. The van der Waals surface area contributed by atoms with Gasteiger partial charge < -0.3 is 0 Å². The number of nitrogens with zero attached hydrogens (tertiary/aromatic N) is 1. The first-order valence-electron chi connectivity index (χ1n) is 6.50. The molecule has 0 spiro atoms. The monoisotopic (exact) mass is 327 g/mol. The van der Waals surface area contributed by atoms with Gasteiger partial charge in [0.1, 0.15) is 10.8 Å². The third-order valence-corrected chi connectivity index (χ3v) is 6.56. The van der Waals surface area contributed by atoms with Crippen LogP contribution >= 0.6 is 22.9 Å². The van der Waals surface area contributed by atoms with Gasteiger partial charge in [-0.2, -0.15) is 0 Å². The molecule has 3 nitrogen and oxygen atoms in total. The van der Waals surface area contributed by atoms with Crippen molar-refractivity contribution in [2.75, 3.05) is 0 Å². The topological polar surface area (TPSA) is 47.0 Å². The van der Waals surface area contributed by atoms with Crippen LogP contribution in [0.5, 0.6) is 0 Å². The first kappa shape index (κ1) is 14.0. The Labute approximate surface area is 127 Å². The number of aryl methyl sites for hydroxylation is 2. The van der Waals surface area contributed by atoms with E-state index in [-0.39, 0.29) is 10.6 Å². The molecular formula is C14H14ClNO2S2. The van der Waals surface area contributed by atoms with Crippen molar-refractivity contribution < 1.29 is 8.42 Å². The van der Waals surface area contributed by atoms with Crippen molar-refractivity contribution in [3.63, 3.8) is 0 Å². The third kappa shape index (κ3) is 2.90. The van der Waals surface area contributed by atoms with Crippen LogP contribution in [0.2, 0.25) is 5.02 Å². The first-order valence-corrected chi connectivity index (χ1v) is 9.35. The van der Waals surface area contributed by atoms with Gasteiger partial charge in [-0.15, -0.1) is 11.3 Å². The van der Waals surface area contributed by atoms with Crippen LogP contribution in [0.4, 0.5) is 0 Å². The van der Waals surface area contributed by atoms with E-state index in [1.54, 1.807) is 18.2 Å². The molecule has 20 heavy (non-hydrogen) atoms. The first-order chi connectivity index (χ1) is 9.54. The summed E-state index contributed by atoms with van der Waals surface area (Å²) in [6, 6.07) is 6.39. The van der Waals surface area contributed by atoms with Crippen LogP contribution in [0.25, 0.3) is 0 Å². The maximum absolute atomic E-state index is 12.4. The van der Waals surface area contributed by atoms with Gasteiger partial charge in [-0.05, 0) is 43.9 Å². The lowest BCUT2D eigenvalue weighted by molar-refractivity contribution is 0.595. The highest BCUT2D eigenvalue weighted by Gasteiger charge is 2.21. The summed E-state index contributed by atoms with van der Waals surface area (Å²) in [5.41, 5.74) is 1.09. The summed E-state index contributed by atoms with van der Waals surface area (Å²) in [5, 5.41) is 1.13. The summed E-state index contributed by atoms with van der Waals surface area (Å²) >= 11 is 7.40. The minimum absolute atomic E-state index is 0.0367. The lowest BCUT2D eigenvalue weighted by Crippen LogP contribution is -2.05. The minimum atomic E-state index is -3.37. The van der Waals surface area contributed by atoms with E-state index < -0.39 is 9.84 Å². The Morgan fingerprint density at radius 2 is 2.05 bits per heavy atom. The lowest BCUT2D eigenvalue weighted by Gasteiger charge is -2.06. The second kappa shape index (κ2) is 5.47. The minimum Gasteiger partial charge on any atom is -0.245 e. The van der Waals surface area contributed by atoms with Crippen molar-refractivity contribution in [3.8, 4) is 0 Å². The summed E-state index contributed by atoms with van der Waals surface area (Å²) < 4.78 is 24.7. The molecule has 1 aliphatic rings. The Kier molecular flexibility index (Phi) is 3.84. The molecule has 1 aromatic heterocycles. The normalized spacial score (nSPS) is 15.1. The van der Waals surface area contributed by atoms with Crippen LogP contribution in [-0.2, 0) is 28.4 Å². The van der Waals surface area contributed by atoms with E-state index >= 15 is 0 Å². The molecule has 1 heterocycles. The summed E-state index contributed by atoms with van der Waals surface area (Å²) in [5.74, 6) is -0.0367. The van der Waals surface area contributed by atoms with Crippen molar-refractivity contribution in [1.82, 2.24) is 4.98 Å². The number of aromatic nitrogens is 1. The standard InChI is InChI=1S/C14H14ClNO2S2/c15-10-4-3-5-11(8-10)20(17,18)9-14-16-12-6-1-2-7-13(12)19-14/h3-5,8H,1-2,6-7,9H2. The van der Waals surface area contributed by atoms with Gasteiger partial charge in [-0.25, -0.2) is 13.4 Å². The van der Waals surface area contributed by atoms with E-state index in [0.717, 1.165) is 25.0 Å². The summed E-state index contributed by atoms with van der Waals surface area (Å²) in [7, 11) is -3.37. The second-order valence-corrected chi connectivity index (χ2v) is 8.50.